The largest absolute Gasteiger partial charge is 0.494 e. The maximum atomic E-state index is 13.4. The quantitative estimate of drug-likeness (QED) is 0.714. The third-order valence-corrected chi connectivity index (χ3v) is 5.03. The molecule has 5 nitrogen and oxygen atoms in total. The monoisotopic (exact) mass is 401 g/mol. The zero-order valence-electron chi connectivity index (χ0n) is 16.0. The second kappa shape index (κ2) is 7.46. The van der Waals surface area contributed by atoms with E-state index in [-0.39, 0.29) is 5.56 Å². The van der Waals surface area contributed by atoms with Crippen molar-refractivity contribution in [2.75, 3.05) is 7.11 Å². The fourth-order valence-electron chi connectivity index (χ4n) is 2.45. The molecule has 1 atom stereocenters. The highest BCUT2D eigenvalue weighted by Gasteiger charge is 2.37. The predicted octanol–water partition coefficient (Wildman–Crippen LogP) is 4.40. The van der Waals surface area contributed by atoms with Gasteiger partial charge < -0.3 is 4.74 Å². The van der Waals surface area contributed by atoms with Gasteiger partial charge in [-0.25, -0.2) is 8.89 Å². The van der Waals surface area contributed by atoms with Crippen molar-refractivity contribution in [3.63, 3.8) is 0 Å². The van der Waals surface area contributed by atoms with Gasteiger partial charge in [0.2, 0.25) is 0 Å². The van der Waals surface area contributed by atoms with E-state index in [0.29, 0.717) is 17.0 Å². The highest BCUT2D eigenvalue weighted by molar-refractivity contribution is 7.85. The highest BCUT2D eigenvalue weighted by Crippen LogP contribution is 2.33. The third-order valence-electron chi connectivity index (χ3n) is 3.68. The number of halogens is 3. The number of ether oxygens (including phenoxy) is 1. The molecule has 1 aromatic heterocycles. The minimum Gasteiger partial charge on any atom is -0.494 e. The van der Waals surface area contributed by atoms with E-state index in [0.717, 1.165) is 16.5 Å². The van der Waals surface area contributed by atoms with Crippen LogP contribution in [0.2, 0.25) is 0 Å². The average molecular weight is 401 g/mol. The third kappa shape index (κ3) is 4.77. The Labute approximate surface area is 158 Å². The number of benzene rings is 1. The molecule has 148 valence electrons. The van der Waals surface area contributed by atoms with Crippen LogP contribution in [0.3, 0.4) is 0 Å². The number of methoxy groups -OCH3 is 1. The Bertz CT molecular complexity index is 896. The number of nitrogens with zero attached hydrogens (tertiary/aromatic N) is 3. The lowest BCUT2D eigenvalue weighted by atomic mass is 10.1. The second-order valence-electron chi connectivity index (χ2n) is 7.10. The Morgan fingerprint density at radius 2 is 1.85 bits per heavy atom. The molecule has 2 aromatic rings. The number of rotatable bonds is 4. The van der Waals surface area contributed by atoms with Gasteiger partial charge in [0.25, 0.3) is 0 Å². The first-order valence-electron chi connectivity index (χ1n) is 8.13. The number of hydrogen-bond acceptors (Lipinski definition) is 3. The zero-order valence-corrected chi connectivity index (χ0v) is 16.8. The molecular weight excluding hydrogens is 379 g/mol. The van der Waals surface area contributed by atoms with Crippen molar-refractivity contribution in [3.05, 3.63) is 40.7 Å². The number of aromatic nitrogens is 2. The maximum Gasteiger partial charge on any atom is 0.435 e. The van der Waals surface area contributed by atoms with Crippen LogP contribution in [-0.4, -0.2) is 32.1 Å². The van der Waals surface area contributed by atoms with Gasteiger partial charge in [-0.1, -0.05) is 6.07 Å². The summed E-state index contributed by atoms with van der Waals surface area (Å²) in [6, 6.07) is 3.55. The van der Waals surface area contributed by atoms with Gasteiger partial charge in [-0.05, 0) is 51.8 Å². The van der Waals surface area contributed by atoms with E-state index in [9.17, 15) is 17.4 Å². The molecule has 0 spiro atoms. The summed E-state index contributed by atoms with van der Waals surface area (Å²) in [6.07, 6.45) is -2.50. The van der Waals surface area contributed by atoms with Crippen LogP contribution < -0.4 is 4.74 Å². The number of alkyl halides is 3. The van der Waals surface area contributed by atoms with Gasteiger partial charge in [-0.3, -0.25) is 0 Å². The number of aryl methyl sites for hydroxylation is 2. The molecule has 2 rings (SSSR count). The highest BCUT2D eigenvalue weighted by atomic mass is 32.2. The molecule has 0 aliphatic rings. The summed E-state index contributed by atoms with van der Waals surface area (Å²) < 4.78 is 61.9. The van der Waals surface area contributed by atoms with Crippen molar-refractivity contribution in [3.8, 4) is 11.4 Å². The van der Waals surface area contributed by atoms with E-state index in [1.807, 2.05) is 13.0 Å². The van der Waals surface area contributed by atoms with Crippen LogP contribution in [0, 0.1) is 13.8 Å². The maximum absolute atomic E-state index is 13.4. The molecule has 27 heavy (non-hydrogen) atoms. The molecular formula is C18H22F3N3O2S. The second-order valence-corrected chi connectivity index (χ2v) is 9.04. The van der Waals surface area contributed by atoms with Gasteiger partial charge in [0, 0.05) is 18.0 Å². The van der Waals surface area contributed by atoms with Crippen LogP contribution in [0.5, 0.6) is 5.75 Å². The molecule has 0 saturated heterocycles. The van der Waals surface area contributed by atoms with Gasteiger partial charge in [0.15, 0.2) is 5.69 Å². The van der Waals surface area contributed by atoms with Gasteiger partial charge in [-0.2, -0.15) is 22.7 Å². The van der Waals surface area contributed by atoms with Gasteiger partial charge >= 0.3 is 6.18 Å². The van der Waals surface area contributed by atoms with Gasteiger partial charge in [-0.15, -0.1) is 0 Å². The standard InChI is InChI=1S/C18H22F3N3O2S/c1-11-7-12(2)15(14(8-11)26-6)24-10-13(16(23-24)18(19,20)21)9-22-27(25)17(3,4)5/h7-10H,1-6H3/b22-9-. The summed E-state index contributed by atoms with van der Waals surface area (Å²) in [6.45, 7) is 8.70. The zero-order chi connectivity index (χ0) is 20.6. The summed E-state index contributed by atoms with van der Waals surface area (Å²) in [5.41, 5.74) is 0.676. The molecule has 1 unspecified atom stereocenters. The van der Waals surface area contributed by atoms with E-state index in [1.165, 1.54) is 13.3 Å². The average Bonchev–Trinajstić information content (AvgIpc) is 2.94. The molecule has 1 aromatic carbocycles. The van der Waals surface area contributed by atoms with Crippen molar-refractivity contribution in [1.82, 2.24) is 9.78 Å². The van der Waals surface area contributed by atoms with Crippen molar-refractivity contribution in [1.29, 1.82) is 0 Å². The molecule has 0 aliphatic carbocycles. The van der Waals surface area contributed by atoms with Crippen LogP contribution in [0.15, 0.2) is 22.7 Å². The Balaban J connectivity index is 2.62. The Morgan fingerprint density at radius 3 is 2.37 bits per heavy atom. The van der Waals surface area contributed by atoms with Crippen LogP contribution in [0.25, 0.3) is 5.69 Å². The lowest BCUT2D eigenvalue weighted by molar-refractivity contribution is -0.141. The van der Waals surface area contributed by atoms with E-state index in [4.69, 9.17) is 4.74 Å². The van der Waals surface area contributed by atoms with Crippen molar-refractivity contribution in [2.45, 2.75) is 45.5 Å². The topological polar surface area (TPSA) is 56.5 Å². The van der Waals surface area contributed by atoms with Crippen molar-refractivity contribution in [2.24, 2.45) is 4.40 Å². The van der Waals surface area contributed by atoms with Gasteiger partial charge in [0.1, 0.15) is 22.4 Å². The molecule has 0 aliphatic heterocycles. The minimum absolute atomic E-state index is 0.262. The minimum atomic E-state index is -4.68. The lowest BCUT2D eigenvalue weighted by Crippen LogP contribution is -2.19. The number of hydrogen-bond donors (Lipinski definition) is 0. The van der Waals surface area contributed by atoms with Crippen LogP contribution in [0.1, 0.15) is 43.2 Å². The molecule has 0 N–H and O–H groups in total. The Kier molecular flexibility index (Phi) is 5.84. The molecule has 0 amide bonds. The first kappa shape index (κ1) is 21.1. The van der Waals surface area contributed by atoms with Gasteiger partial charge in [0.05, 0.1) is 11.9 Å². The smallest absolute Gasteiger partial charge is 0.435 e. The SMILES string of the molecule is COc1cc(C)cc(C)c1-n1cc(/C=N\S(=O)C(C)(C)C)c(C(F)(F)F)n1. The summed E-state index contributed by atoms with van der Waals surface area (Å²) in [5, 5.41) is 3.71. The van der Waals surface area contributed by atoms with Crippen LogP contribution >= 0.6 is 0 Å². The first-order valence-corrected chi connectivity index (χ1v) is 9.24. The van der Waals surface area contributed by atoms with E-state index < -0.39 is 27.6 Å². The molecule has 0 fully saturated rings. The molecule has 0 radical (unpaired) electrons. The summed E-state index contributed by atoms with van der Waals surface area (Å²) in [4.78, 5) is 0. The molecule has 9 heteroatoms. The first-order chi connectivity index (χ1) is 12.3. The predicted molar refractivity (Wildman–Crippen MR) is 100 cm³/mol. The molecule has 1 heterocycles. The Morgan fingerprint density at radius 1 is 1.22 bits per heavy atom. The fraction of sp³-hybridized carbons (Fsp3) is 0.444. The van der Waals surface area contributed by atoms with E-state index in [2.05, 4.69) is 9.50 Å². The van der Waals surface area contributed by atoms with Crippen molar-refractivity contribution >= 4 is 17.2 Å². The molecule has 0 saturated carbocycles. The van der Waals surface area contributed by atoms with Crippen molar-refractivity contribution < 1.29 is 22.1 Å². The Hall–Kier alpha value is -2.16. The van der Waals surface area contributed by atoms with E-state index in [1.54, 1.807) is 33.8 Å². The normalized spacial score (nSPS) is 14.0. The summed E-state index contributed by atoms with van der Waals surface area (Å²) >= 11 is 0. The van der Waals surface area contributed by atoms with Crippen LogP contribution in [0.4, 0.5) is 13.2 Å². The van der Waals surface area contributed by atoms with Crippen LogP contribution in [-0.2, 0) is 17.2 Å². The van der Waals surface area contributed by atoms with E-state index >= 15 is 0 Å². The summed E-state index contributed by atoms with van der Waals surface area (Å²) in [7, 11) is -0.236. The fourth-order valence-corrected chi connectivity index (χ4v) is 2.98. The molecule has 0 bridgehead atoms. The lowest BCUT2D eigenvalue weighted by Gasteiger charge is -2.13. The summed E-state index contributed by atoms with van der Waals surface area (Å²) in [5.74, 6) is 0.408.